The highest BCUT2D eigenvalue weighted by atomic mass is 15.0. The normalized spacial score (nSPS) is 17.1. The van der Waals surface area contributed by atoms with Gasteiger partial charge in [-0.15, -0.1) is 0 Å². The van der Waals surface area contributed by atoms with Gasteiger partial charge >= 0.3 is 0 Å². The van der Waals surface area contributed by atoms with Crippen molar-refractivity contribution in [1.29, 1.82) is 0 Å². The first-order valence-corrected chi connectivity index (χ1v) is 8.68. The van der Waals surface area contributed by atoms with Crippen LogP contribution in [0.15, 0.2) is 30.3 Å². The van der Waals surface area contributed by atoms with Gasteiger partial charge in [0.1, 0.15) is 0 Å². The highest BCUT2D eigenvalue weighted by Crippen LogP contribution is 2.16. The smallest absolute Gasteiger partial charge is 0.0340 e. The van der Waals surface area contributed by atoms with Crippen LogP contribution in [0.2, 0.25) is 0 Å². The van der Waals surface area contributed by atoms with Gasteiger partial charge in [-0.2, -0.15) is 0 Å². The van der Waals surface area contributed by atoms with Crippen molar-refractivity contribution in [2.45, 2.75) is 51.0 Å². The van der Waals surface area contributed by atoms with Gasteiger partial charge in [0, 0.05) is 37.9 Å². The van der Waals surface area contributed by atoms with Crippen molar-refractivity contribution >= 4 is 5.69 Å². The highest BCUT2D eigenvalue weighted by Gasteiger charge is 2.09. The Labute approximate surface area is 129 Å². The molecule has 1 aromatic carbocycles. The van der Waals surface area contributed by atoms with Gasteiger partial charge in [0.2, 0.25) is 0 Å². The standard InChI is InChI=1S/C18H31N3/c1-2-5-9-17(10-6-3-1)20-15-13-19-14-16-21-18-11-7-4-8-12-18/h4,7-8,11-12,17,19-21H,1-3,5-6,9-10,13-16H2. The van der Waals surface area contributed by atoms with Crippen molar-refractivity contribution in [3.8, 4) is 0 Å². The van der Waals surface area contributed by atoms with Crippen LogP contribution in [0.1, 0.15) is 44.9 Å². The molecule has 0 atom stereocenters. The number of hydrogen-bond donors (Lipinski definition) is 3. The molecule has 1 saturated carbocycles. The van der Waals surface area contributed by atoms with Crippen LogP contribution in [0.4, 0.5) is 5.69 Å². The van der Waals surface area contributed by atoms with E-state index in [1.807, 2.05) is 6.07 Å². The van der Waals surface area contributed by atoms with E-state index in [4.69, 9.17) is 0 Å². The Bertz CT molecular complexity index is 345. The maximum absolute atomic E-state index is 3.72. The molecule has 21 heavy (non-hydrogen) atoms. The van der Waals surface area contributed by atoms with Crippen molar-refractivity contribution in [3.05, 3.63) is 30.3 Å². The van der Waals surface area contributed by atoms with Crippen LogP contribution in [-0.4, -0.2) is 32.2 Å². The van der Waals surface area contributed by atoms with E-state index in [-0.39, 0.29) is 0 Å². The van der Waals surface area contributed by atoms with E-state index < -0.39 is 0 Å². The summed E-state index contributed by atoms with van der Waals surface area (Å²) >= 11 is 0. The Kier molecular flexibility index (Phi) is 8.26. The lowest BCUT2D eigenvalue weighted by Crippen LogP contribution is -2.36. The Morgan fingerprint density at radius 2 is 1.43 bits per heavy atom. The summed E-state index contributed by atoms with van der Waals surface area (Å²) in [7, 11) is 0. The lowest BCUT2D eigenvalue weighted by atomic mass is 9.97. The topological polar surface area (TPSA) is 36.1 Å². The largest absolute Gasteiger partial charge is 0.384 e. The lowest BCUT2D eigenvalue weighted by Gasteiger charge is -2.21. The predicted molar refractivity (Wildman–Crippen MR) is 91.9 cm³/mol. The summed E-state index contributed by atoms with van der Waals surface area (Å²) in [6, 6.07) is 11.1. The summed E-state index contributed by atoms with van der Waals surface area (Å²) in [5.41, 5.74) is 1.20. The number of nitrogens with one attached hydrogen (secondary N) is 3. The molecule has 0 amide bonds. The summed E-state index contributed by atoms with van der Waals surface area (Å²) in [6.07, 6.45) is 9.87. The van der Waals surface area contributed by atoms with Crippen molar-refractivity contribution in [3.63, 3.8) is 0 Å². The zero-order valence-electron chi connectivity index (χ0n) is 13.2. The highest BCUT2D eigenvalue weighted by molar-refractivity contribution is 5.42. The van der Waals surface area contributed by atoms with Gasteiger partial charge in [-0.25, -0.2) is 0 Å². The number of rotatable bonds is 8. The van der Waals surface area contributed by atoms with Gasteiger partial charge < -0.3 is 16.0 Å². The van der Waals surface area contributed by atoms with Gasteiger partial charge in [-0.05, 0) is 25.0 Å². The van der Waals surface area contributed by atoms with Crippen LogP contribution in [0.3, 0.4) is 0 Å². The van der Waals surface area contributed by atoms with Gasteiger partial charge in [0.25, 0.3) is 0 Å². The third-order valence-corrected chi connectivity index (χ3v) is 4.24. The second-order valence-corrected chi connectivity index (χ2v) is 6.04. The van der Waals surface area contributed by atoms with E-state index in [9.17, 15) is 0 Å². The summed E-state index contributed by atoms with van der Waals surface area (Å²) in [5.74, 6) is 0. The molecule has 3 N–H and O–H groups in total. The maximum atomic E-state index is 3.72. The third-order valence-electron chi connectivity index (χ3n) is 4.24. The second-order valence-electron chi connectivity index (χ2n) is 6.04. The third kappa shape index (κ3) is 7.49. The summed E-state index contributed by atoms with van der Waals surface area (Å²) in [6.45, 7) is 4.15. The molecule has 1 aliphatic rings. The second kappa shape index (κ2) is 10.6. The number of benzene rings is 1. The molecule has 0 saturated heterocycles. The van der Waals surface area contributed by atoms with Gasteiger partial charge in [0.15, 0.2) is 0 Å². The average Bonchev–Trinajstić information content (AvgIpc) is 2.49. The molecular weight excluding hydrogens is 258 g/mol. The zero-order valence-corrected chi connectivity index (χ0v) is 13.2. The molecule has 0 spiro atoms. The van der Waals surface area contributed by atoms with Crippen LogP contribution in [0, 0.1) is 0 Å². The number of anilines is 1. The molecule has 118 valence electrons. The first-order valence-electron chi connectivity index (χ1n) is 8.68. The van der Waals surface area contributed by atoms with Crippen molar-refractivity contribution in [2.75, 3.05) is 31.5 Å². The lowest BCUT2D eigenvalue weighted by molar-refractivity contribution is 0.389. The molecule has 1 fully saturated rings. The molecule has 0 unspecified atom stereocenters. The predicted octanol–water partition coefficient (Wildman–Crippen LogP) is 3.39. The Morgan fingerprint density at radius 3 is 2.19 bits per heavy atom. The number of para-hydroxylation sites is 1. The summed E-state index contributed by atoms with van der Waals surface area (Å²) in [5, 5.41) is 10.6. The van der Waals surface area contributed by atoms with Gasteiger partial charge in [-0.3, -0.25) is 0 Å². The molecule has 0 radical (unpaired) electrons. The summed E-state index contributed by atoms with van der Waals surface area (Å²) in [4.78, 5) is 0. The first-order chi connectivity index (χ1) is 10.4. The van der Waals surface area contributed by atoms with Crippen molar-refractivity contribution < 1.29 is 0 Å². The fraction of sp³-hybridized carbons (Fsp3) is 0.667. The minimum absolute atomic E-state index is 0.759. The maximum Gasteiger partial charge on any atom is 0.0340 e. The minimum atomic E-state index is 0.759. The molecular formula is C18H31N3. The zero-order chi connectivity index (χ0) is 14.6. The van der Waals surface area contributed by atoms with Gasteiger partial charge in [0.05, 0.1) is 0 Å². The molecule has 3 heteroatoms. The monoisotopic (exact) mass is 289 g/mol. The Morgan fingerprint density at radius 1 is 0.762 bits per heavy atom. The molecule has 0 aliphatic heterocycles. The summed E-state index contributed by atoms with van der Waals surface area (Å²) < 4.78 is 0. The Hall–Kier alpha value is -1.06. The molecule has 0 heterocycles. The Balaban J connectivity index is 1.44. The fourth-order valence-corrected chi connectivity index (χ4v) is 3.00. The molecule has 0 aromatic heterocycles. The molecule has 0 bridgehead atoms. The van der Waals surface area contributed by atoms with E-state index in [0.29, 0.717) is 0 Å². The quantitative estimate of drug-likeness (QED) is 0.642. The minimum Gasteiger partial charge on any atom is -0.384 e. The van der Waals surface area contributed by atoms with Crippen LogP contribution in [0.25, 0.3) is 0 Å². The van der Waals surface area contributed by atoms with E-state index in [1.165, 1.54) is 50.6 Å². The molecule has 1 aromatic rings. The SMILES string of the molecule is c1ccc(NCCNCCNC2CCCCCCC2)cc1. The van der Waals surface area contributed by atoms with Crippen molar-refractivity contribution in [1.82, 2.24) is 10.6 Å². The van der Waals surface area contributed by atoms with E-state index in [0.717, 1.165) is 32.2 Å². The number of hydrogen-bond acceptors (Lipinski definition) is 3. The van der Waals surface area contributed by atoms with Crippen LogP contribution in [-0.2, 0) is 0 Å². The first kappa shape index (κ1) is 16.3. The van der Waals surface area contributed by atoms with E-state index in [2.05, 4.69) is 40.2 Å². The van der Waals surface area contributed by atoms with Crippen molar-refractivity contribution in [2.24, 2.45) is 0 Å². The fourth-order valence-electron chi connectivity index (χ4n) is 3.00. The molecule has 2 rings (SSSR count). The van der Waals surface area contributed by atoms with E-state index in [1.54, 1.807) is 0 Å². The van der Waals surface area contributed by atoms with E-state index >= 15 is 0 Å². The van der Waals surface area contributed by atoms with Crippen LogP contribution in [0.5, 0.6) is 0 Å². The van der Waals surface area contributed by atoms with Gasteiger partial charge in [-0.1, -0.05) is 50.3 Å². The van der Waals surface area contributed by atoms with Crippen LogP contribution < -0.4 is 16.0 Å². The van der Waals surface area contributed by atoms with Crippen LogP contribution >= 0.6 is 0 Å². The molecule has 3 nitrogen and oxygen atoms in total. The average molecular weight is 289 g/mol. The molecule has 1 aliphatic carbocycles.